The van der Waals surface area contributed by atoms with Gasteiger partial charge in [0.15, 0.2) is 9.84 Å². The number of amides is 4. The van der Waals surface area contributed by atoms with E-state index in [1.165, 1.54) is 0 Å². The Labute approximate surface area is 173 Å². The number of imide groups is 1. The first-order chi connectivity index (χ1) is 13.8. The summed E-state index contributed by atoms with van der Waals surface area (Å²) in [6.45, 7) is 1.57. The van der Waals surface area contributed by atoms with E-state index in [4.69, 9.17) is 0 Å². The van der Waals surface area contributed by atoms with Crippen LogP contribution in [0.1, 0.15) is 28.8 Å². The summed E-state index contributed by atoms with van der Waals surface area (Å²) in [5, 5.41) is 2.71. The Balaban J connectivity index is 1.43. The molecule has 0 unspecified atom stereocenters. The lowest BCUT2D eigenvalue weighted by Gasteiger charge is -2.30. The normalized spacial score (nSPS) is 23.3. The molecule has 1 spiro atoms. The van der Waals surface area contributed by atoms with Gasteiger partial charge in [0.25, 0.3) is 11.8 Å². The SMILES string of the molecule is O=C(c1ccc(CN2C(=O)NC3(CCS(=O)(=O)CC3)C2=O)cc1)N1CCSCC1. The van der Waals surface area contributed by atoms with E-state index in [2.05, 4.69) is 5.32 Å². The molecule has 156 valence electrons. The average Bonchev–Trinajstić information content (AvgIpc) is 2.95. The molecule has 0 saturated carbocycles. The molecule has 1 N–H and O–H groups in total. The minimum atomic E-state index is -3.15. The number of urea groups is 1. The van der Waals surface area contributed by atoms with Crippen molar-refractivity contribution in [2.75, 3.05) is 36.1 Å². The van der Waals surface area contributed by atoms with Crippen LogP contribution < -0.4 is 5.32 Å². The van der Waals surface area contributed by atoms with E-state index in [0.717, 1.165) is 35.1 Å². The third-order valence-corrected chi connectivity index (χ3v) is 8.36. The number of hydrogen-bond acceptors (Lipinski definition) is 6. The van der Waals surface area contributed by atoms with E-state index >= 15 is 0 Å². The van der Waals surface area contributed by atoms with Crippen LogP contribution in [-0.2, 0) is 21.2 Å². The fraction of sp³-hybridized carbons (Fsp3) is 0.526. The van der Waals surface area contributed by atoms with Gasteiger partial charge in [-0.25, -0.2) is 13.2 Å². The number of rotatable bonds is 3. The highest BCUT2D eigenvalue weighted by molar-refractivity contribution is 7.99. The first-order valence-corrected chi connectivity index (χ1v) is 12.6. The molecule has 3 saturated heterocycles. The topological polar surface area (TPSA) is 104 Å². The third-order valence-electron chi connectivity index (χ3n) is 5.77. The Morgan fingerprint density at radius 3 is 2.31 bits per heavy atom. The lowest BCUT2D eigenvalue weighted by molar-refractivity contribution is -0.132. The molecule has 4 rings (SSSR count). The Kier molecular flexibility index (Phi) is 5.32. The van der Waals surface area contributed by atoms with Crippen LogP contribution in [0.3, 0.4) is 0 Å². The molecule has 3 heterocycles. The molecule has 29 heavy (non-hydrogen) atoms. The maximum atomic E-state index is 12.9. The maximum absolute atomic E-state index is 12.9. The van der Waals surface area contributed by atoms with E-state index < -0.39 is 21.4 Å². The molecule has 3 aliphatic rings. The van der Waals surface area contributed by atoms with Gasteiger partial charge in [-0.15, -0.1) is 0 Å². The lowest BCUT2D eigenvalue weighted by atomic mass is 9.92. The fourth-order valence-corrected chi connectivity index (χ4v) is 6.36. The molecule has 3 aliphatic heterocycles. The van der Waals surface area contributed by atoms with Crippen molar-refractivity contribution in [3.05, 3.63) is 35.4 Å². The number of carbonyl (C=O) groups excluding carboxylic acids is 3. The zero-order valence-corrected chi connectivity index (χ0v) is 17.6. The fourth-order valence-electron chi connectivity index (χ4n) is 3.93. The van der Waals surface area contributed by atoms with Gasteiger partial charge in [0.05, 0.1) is 18.1 Å². The van der Waals surface area contributed by atoms with Crippen molar-refractivity contribution >= 4 is 39.4 Å². The summed E-state index contributed by atoms with van der Waals surface area (Å²) in [5.74, 6) is 1.31. The molecule has 4 amide bonds. The van der Waals surface area contributed by atoms with Gasteiger partial charge in [-0.3, -0.25) is 14.5 Å². The lowest BCUT2D eigenvalue weighted by Crippen LogP contribution is -2.52. The molecule has 8 nitrogen and oxygen atoms in total. The summed E-state index contributed by atoms with van der Waals surface area (Å²) in [7, 11) is -3.15. The molecular weight excluding hydrogens is 414 g/mol. The Morgan fingerprint density at radius 1 is 1.07 bits per heavy atom. The van der Waals surface area contributed by atoms with Crippen molar-refractivity contribution < 1.29 is 22.8 Å². The maximum Gasteiger partial charge on any atom is 0.325 e. The van der Waals surface area contributed by atoms with Gasteiger partial charge in [-0.05, 0) is 30.5 Å². The van der Waals surface area contributed by atoms with Crippen molar-refractivity contribution in [1.29, 1.82) is 0 Å². The molecular formula is C19H23N3O5S2. The van der Waals surface area contributed by atoms with Crippen LogP contribution >= 0.6 is 11.8 Å². The molecule has 0 radical (unpaired) electrons. The number of hydrogen-bond donors (Lipinski definition) is 1. The van der Waals surface area contributed by atoms with Crippen LogP contribution in [0.25, 0.3) is 0 Å². The van der Waals surface area contributed by atoms with E-state index in [1.807, 2.05) is 16.7 Å². The third kappa shape index (κ3) is 4.00. The number of carbonyl (C=O) groups is 3. The highest BCUT2D eigenvalue weighted by atomic mass is 32.2. The van der Waals surface area contributed by atoms with Gasteiger partial charge < -0.3 is 10.2 Å². The highest BCUT2D eigenvalue weighted by Gasteiger charge is 2.53. The van der Waals surface area contributed by atoms with Crippen LogP contribution in [-0.4, -0.2) is 77.7 Å². The number of thioether (sulfide) groups is 1. The summed E-state index contributed by atoms with van der Waals surface area (Å²) < 4.78 is 23.4. The summed E-state index contributed by atoms with van der Waals surface area (Å²) in [4.78, 5) is 40.8. The summed E-state index contributed by atoms with van der Waals surface area (Å²) >= 11 is 1.84. The van der Waals surface area contributed by atoms with Gasteiger partial charge in [-0.1, -0.05) is 12.1 Å². The van der Waals surface area contributed by atoms with Gasteiger partial charge in [0, 0.05) is 30.2 Å². The predicted octanol–water partition coefficient (Wildman–Crippen LogP) is 0.875. The van der Waals surface area contributed by atoms with Crippen LogP contribution in [0.4, 0.5) is 4.79 Å². The van der Waals surface area contributed by atoms with Gasteiger partial charge in [0.1, 0.15) is 5.54 Å². The molecule has 10 heteroatoms. The standard InChI is InChI=1S/C19H23N3O5S2/c23-16(21-7-9-28-10-8-21)15-3-1-14(2-4-15)13-22-17(24)19(20-18(22)25)5-11-29(26,27)12-6-19/h1-4H,5-13H2,(H,20,25). The Bertz CT molecular complexity index is 925. The molecule has 3 fully saturated rings. The second-order valence-corrected chi connectivity index (χ2v) is 11.2. The van der Waals surface area contributed by atoms with Crippen molar-refractivity contribution in [2.45, 2.75) is 24.9 Å². The van der Waals surface area contributed by atoms with Crippen molar-refractivity contribution in [2.24, 2.45) is 0 Å². The van der Waals surface area contributed by atoms with Gasteiger partial charge in [-0.2, -0.15) is 11.8 Å². The van der Waals surface area contributed by atoms with Gasteiger partial charge >= 0.3 is 6.03 Å². The minimum absolute atomic E-state index is 0.00536. The number of nitrogens with one attached hydrogen (secondary N) is 1. The number of benzene rings is 1. The summed E-state index contributed by atoms with van der Waals surface area (Å²) in [6.07, 6.45) is 0.218. The van der Waals surface area contributed by atoms with Crippen molar-refractivity contribution in [1.82, 2.24) is 15.1 Å². The predicted molar refractivity (Wildman–Crippen MR) is 109 cm³/mol. The van der Waals surface area contributed by atoms with Crippen molar-refractivity contribution in [3.63, 3.8) is 0 Å². The van der Waals surface area contributed by atoms with Crippen LogP contribution in [0.5, 0.6) is 0 Å². The van der Waals surface area contributed by atoms with E-state index in [9.17, 15) is 22.8 Å². The van der Waals surface area contributed by atoms with Crippen LogP contribution in [0, 0.1) is 0 Å². The molecule has 0 aliphatic carbocycles. The summed E-state index contributed by atoms with van der Waals surface area (Å²) in [6, 6.07) is 6.45. The second-order valence-electron chi connectivity index (χ2n) is 7.66. The monoisotopic (exact) mass is 437 g/mol. The van der Waals surface area contributed by atoms with Crippen molar-refractivity contribution in [3.8, 4) is 0 Å². The number of nitrogens with zero attached hydrogens (tertiary/aromatic N) is 2. The largest absolute Gasteiger partial charge is 0.337 e. The van der Waals surface area contributed by atoms with Crippen LogP contribution in [0.15, 0.2) is 24.3 Å². The summed E-state index contributed by atoms with van der Waals surface area (Å²) in [5.41, 5.74) is 0.219. The molecule has 0 aromatic heterocycles. The van der Waals surface area contributed by atoms with Gasteiger partial charge in [0.2, 0.25) is 0 Å². The minimum Gasteiger partial charge on any atom is -0.337 e. The Morgan fingerprint density at radius 2 is 1.69 bits per heavy atom. The molecule has 0 bridgehead atoms. The quantitative estimate of drug-likeness (QED) is 0.704. The first kappa shape index (κ1) is 20.2. The van der Waals surface area contributed by atoms with Crippen LogP contribution in [0.2, 0.25) is 0 Å². The van der Waals surface area contributed by atoms with E-state index in [1.54, 1.807) is 24.3 Å². The molecule has 1 aromatic rings. The van der Waals surface area contributed by atoms with E-state index in [0.29, 0.717) is 5.56 Å². The second kappa shape index (κ2) is 7.64. The molecule has 1 aromatic carbocycles. The Hall–Kier alpha value is -2.07. The first-order valence-electron chi connectivity index (χ1n) is 9.60. The van der Waals surface area contributed by atoms with E-state index in [-0.39, 0.29) is 42.7 Å². The smallest absolute Gasteiger partial charge is 0.325 e. The zero-order chi connectivity index (χ0) is 20.6. The average molecular weight is 438 g/mol. The zero-order valence-electron chi connectivity index (χ0n) is 15.9. The highest BCUT2D eigenvalue weighted by Crippen LogP contribution is 2.31. The number of sulfone groups is 1. The molecule has 0 atom stereocenters.